The van der Waals surface area contributed by atoms with Gasteiger partial charge in [-0.15, -0.1) is 48.8 Å². The molecule has 0 amide bonds. The third-order valence-electron chi connectivity index (χ3n) is 5.66. The molecule has 0 aliphatic heterocycles. The molecule has 0 heterocycles. The largest absolute Gasteiger partial charge is 0.135 e. The maximum atomic E-state index is 4.68. The lowest BCUT2D eigenvalue weighted by atomic mass is 10.1. The second-order valence-corrected chi connectivity index (χ2v) is 12.4. The summed E-state index contributed by atoms with van der Waals surface area (Å²) < 4.78 is 2.26. The van der Waals surface area contributed by atoms with Gasteiger partial charge in [0.15, 0.2) is 0 Å². The Bertz CT molecular complexity index is 334. The van der Waals surface area contributed by atoms with E-state index in [-0.39, 0.29) is 0 Å². The SMILES string of the molecule is CCCCCCCCCCCCS/C(S)=C(/S)SCCCCCCCCCCCC. The third kappa shape index (κ3) is 23.8. The maximum Gasteiger partial charge on any atom is 0.0569 e. The zero-order chi connectivity index (χ0) is 22.1. The minimum atomic E-state index is 1.13. The summed E-state index contributed by atoms with van der Waals surface area (Å²) in [7, 11) is 0. The van der Waals surface area contributed by atoms with E-state index in [0.29, 0.717) is 0 Å². The highest BCUT2D eigenvalue weighted by atomic mass is 32.2. The molecule has 0 bridgehead atoms. The molecule has 0 unspecified atom stereocenters. The first kappa shape index (κ1) is 31.1. The molecular weight excluding hydrogens is 441 g/mol. The molecule has 0 aromatic rings. The van der Waals surface area contributed by atoms with Gasteiger partial charge in [-0.1, -0.05) is 129 Å². The van der Waals surface area contributed by atoms with Crippen molar-refractivity contribution >= 4 is 48.8 Å². The van der Waals surface area contributed by atoms with Crippen molar-refractivity contribution in [1.29, 1.82) is 0 Å². The van der Waals surface area contributed by atoms with Gasteiger partial charge in [-0.3, -0.25) is 0 Å². The van der Waals surface area contributed by atoms with Crippen LogP contribution in [0.1, 0.15) is 142 Å². The Hall–Kier alpha value is 1.14. The van der Waals surface area contributed by atoms with Crippen molar-refractivity contribution in [1.82, 2.24) is 0 Å². The van der Waals surface area contributed by atoms with E-state index < -0.39 is 0 Å². The van der Waals surface area contributed by atoms with E-state index in [1.54, 1.807) is 0 Å². The van der Waals surface area contributed by atoms with Crippen molar-refractivity contribution < 1.29 is 0 Å². The van der Waals surface area contributed by atoms with Crippen molar-refractivity contribution in [3.63, 3.8) is 0 Å². The van der Waals surface area contributed by atoms with Gasteiger partial charge in [0.2, 0.25) is 0 Å². The highest BCUT2D eigenvalue weighted by Gasteiger charge is 2.02. The summed E-state index contributed by atoms with van der Waals surface area (Å²) in [4.78, 5) is 0. The van der Waals surface area contributed by atoms with E-state index in [9.17, 15) is 0 Å². The molecular formula is C26H52S4. The van der Waals surface area contributed by atoms with Crippen molar-refractivity contribution in [3.05, 3.63) is 8.47 Å². The van der Waals surface area contributed by atoms with Crippen LogP contribution in [-0.4, -0.2) is 11.5 Å². The lowest BCUT2D eigenvalue weighted by molar-refractivity contribution is 0.563. The van der Waals surface area contributed by atoms with E-state index >= 15 is 0 Å². The van der Waals surface area contributed by atoms with Gasteiger partial charge in [-0.2, -0.15) is 0 Å². The Morgan fingerprint density at radius 3 is 0.900 bits per heavy atom. The molecule has 0 atom stereocenters. The van der Waals surface area contributed by atoms with E-state index in [4.69, 9.17) is 0 Å². The average Bonchev–Trinajstić information content (AvgIpc) is 2.75. The molecule has 0 spiro atoms. The first-order valence-electron chi connectivity index (χ1n) is 13.1. The number of hydrogen-bond acceptors (Lipinski definition) is 4. The van der Waals surface area contributed by atoms with E-state index in [1.165, 1.54) is 140 Å². The molecule has 0 N–H and O–H groups in total. The summed E-state index contributed by atoms with van der Waals surface area (Å²) in [6.07, 6.45) is 28.1. The monoisotopic (exact) mass is 492 g/mol. The summed E-state index contributed by atoms with van der Waals surface area (Å²) in [6.45, 7) is 4.58. The molecule has 0 nitrogen and oxygen atoms in total. The van der Waals surface area contributed by atoms with Gasteiger partial charge in [0, 0.05) is 0 Å². The molecule has 180 valence electrons. The lowest BCUT2D eigenvalue weighted by Crippen LogP contribution is -1.85. The summed E-state index contributed by atoms with van der Waals surface area (Å²) in [5.41, 5.74) is 0. The Morgan fingerprint density at radius 1 is 0.400 bits per heavy atom. The van der Waals surface area contributed by atoms with Crippen molar-refractivity contribution in [2.75, 3.05) is 11.5 Å². The Morgan fingerprint density at radius 2 is 0.633 bits per heavy atom. The summed E-state index contributed by atoms with van der Waals surface area (Å²) >= 11 is 13.1. The van der Waals surface area contributed by atoms with Crippen molar-refractivity contribution in [2.45, 2.75) is 142 Å². The molecule has 0 aliphatic carbocycles. The van der Waals surface area contributed by atoms with E-state index in [2.05, 4.69) is 39.1 Å². The molecule has 4 heteroatoms. The van der Waals surface area contributed by atoms with Crippen LogP contribution in [0.25, 0.3) is 0 Å². The highest BCUT2D eigenvalue weighted by molar-refractivity contribution is 8.21. The van der Waals surface area contributed by atoms with Gasteiger partial charge >= 0.3 is 0 Å². The van der Waals surface area contributed by atoms with Gasteiger partial charge in [0.25, 0.3) is 0 Å². The van der Waals surface area contributed by atoms with Crippen LogP contribution in [0.15, 0.2) is 8.47 Å². The fraction of sp³-hybridized carbons (Fsp3) is 0.923. The van der Waals surface area contributed by atoms with E-state index in [1.807, 2.05) is 23.5 Å². The molecule has 0 saturated carbocycles. The third-order valence-corrected chi connectivity index (χ3v) is 9.43. The molecule has 30 heavy (non-hydrogen) atoms. The van der Waals surface area contributed by atoms with Crippen molar-refractivity contribution in [3.8, 4) is 0 Å². The topological polar surface area (TPSA) is 0 Å². The lowest BCUT2D eigenvalue weighted by Gasteiger charge is -2.07. The Kier molecular flexibility index (Phi) is 27.4. The molecule has 0 rings (SSSR count). The van der Waals surface area contributed by atoms with Gasteiger partial charge < -0.3 is 0 Å². The normalized spacial score (nSPS) is 12.4. The zero-order valence-electron chi connectivity index (χ0n) is 20.3. The quantitative estimate of drug-likeness (QED) is 0.101. The molecule has 0 radical (unpaired) electrons. The smallest absolute Gasteiger partial charge is 0.0569 e. The molecule has 0 saturated heterocycles. The summed E-state index contributed by atoms with van der Waals surface area (Å²) in [5.74, 6) is 2.39. The number of unbranched alkanes of at least 4 members (excludes halogenated alkanes) is 18. The number of thioether (sulfide) groups is 2. The van der Waals surface area contributed by atoms with Gasteiger partial charge in [0.1, 0.15) is 0 Å². The zero-order valence-corrected chi connectivity index (χ0v) is 23.7. The Balaban J connectivity index is 3.40. The average molecular weight is 493 g/mol. The molecule has 0 aromatic heterocycles. The van der Waals surface area contributed by atoms with Gasteiger partial charge in [0.05, 0.1) is 8.47 Å². The molecule has 0 aromatic carbocycles. The summed E-state index contributed by atoms with van der Waals surface area (Å²) in [5, 5.41) is 0. The highest BCUT2D eigenvalue weighted by Crippen LogP contribution is 2.34. The van der Waals surface area contributed by atoms with Crippen LogP contribution in [0.2, 0.25) is 0 Å². The van der Waals surface area contributed by atoms with Gasteiger partial charge in [-0.25, -0.2) is 0 Å². The predicted octanol–water partition coefficient (Wildman–Crippen LogP) is 11.3. The van der Waals surface area contributed by atoms with Crippen LogP contribution >= 0.6 is 48.8 Å². The minimum absolute atomic E-state index is 1.13. The van der Waals surface area contributed by atoms with Crippen LogP contribution in [0, 0.1) is 0 Å². The van der Waals surface area contributed by atoms with Gasteiger partial charge in [-0.05, 0) is 24.3 Å². The second-order valence-electron chi connectivity index (χ2n) is 8.67. The standard InChI is InChI=1S/C26H52S4/c1-3-5-7-9-11-13-15-17-19-21-23-29-25(27)26(28)30-24-22-20-18-16-14-12-10-8-6-4-2/h27-28H,3-24H2,1-2H3/b26-25-. The number of hydrogen-bond donors (Lipinski definition) is 2. The predicted molar refractivity (Wildman–Crippen MR) is 154 cm³/mol. The first-order chi connectivity index (χ1) is 14.7. The Labute approximate surface area is 210 Å². The van der Waals surface area contributed by atoms with Crippen LogP contribution in [0.3, 0.4) is 0 Å². The fourth-order valence-electron chi connectivity index (χ4n) is 3.64. The van der Waals surface area contributed by atoms with Crippen LogP contribution in [0.5, 0.6) is 0 Å². The molecule has 0 fully saturated rings. The molecule has 0 aliphatic rings. The minimum Gasteiger partial charge on any atom is -0.135 e. The maximum absolute atomic E-state index is 4.68. The number of thiol groups is 2. The number of rotatable bonds is 24. The van der Waals surface area contributed by atoms with Crippen LogP contribution in [-0.2, 0) is 0 Å². The van der Waals surface area contributed by atoms with Crippen molar-refractivity contribution in [2.24, 2.45) is 0 Å². The second kappa shape index (κ2) is 26.4. The first-order valence-corrected chi connectivity index (χ1v) is 16.0. The summed E-state index contributed by atoms with van der Waals surface area (Å²) in [6, 6.07) is 0. The van der Waals surface area contributed by atoms with E-state index in [0.717, 1.165) is 8.47 Å². The van der Waals surface area contributed by atoms with Crippen LogP contribution in [0.4, 0.5) is 0 Å². The fourth-order valence-corrected chi connectivity index (χ4v) is 6.26. The van der Waals surface area contributed by atoms with Crippen LogP contribution < -0.4 is 0 Å².